The Kier molecular flexibility index (Phi) is 10.0. The number of anilines is 1. The summed E-state index contributed by atoms with van der Waals surface area (Å²) in [6.07, 6.45) is 4.94. The second kappa shape index (κ2) is 14.1. The van der Waals surface area contributed by atoms with Gasteiger partial charge in [-0.3, -0.25) is 0 Å². The molecule has 7 rings (SSSR count). The monoisotopic (exact) mass is 727 g/mol. The van der Waals surface area contributed by atoms with Gasteiger partial charge in [-0.25, -0.2) is 15.0 Å². The lowest BCUT2D eigenvalue weighted by atomic mass is 10.0. The van der Waals surface area contributed by atoms with Crippen LogP contribution in [0.15, 0.2) is 36.8 Å². The van der Waals surface area contributed by atoms with Crippen LogP contribution in [0.1, 0.15) is 63.4 Å². The van der Waals surface area contributed by atoms with Crippen LogP contribution in [0.25, 0.3) is 22.1 Å². The van der Waals surface area contributed by atoms with E-state index in [-0.39, 0.29) is 30.9 Å². The van der Waals surface area contributed by atoms with Crippen LogP contribution >= 0.6 is 0 Å². The highest BCUT2D eigenvalue weighted by Gasteiger charge is 2.54. The number of rotatable bonds is 15. The minimum Gasteiger partial charge on any atom is -0.367 e. The fourth-order valence-electron chi connectivity index (χ4n) is 7.66. The maximum absolute atomic E-state index is 13.6. The summed E-state index contributed by atoms with van der Waals surface area (Å²) < 4.78 is 64.0. The van der Waals surface area contributed by atoms with Crippen LogP contribution in [0.3, 0.4) is 0 Å². The molecule has 0 radical (unpaired) electrons. The standard InChI is InChI=1S/C37H52F3N7O3Si/c1-36(2)49-32-24(19-30(33(32)50-36)46-16-14-27-34(43-26-11-12-26)41-22-42-35(27)46)21-45(3)15-8-7-9-31-44-28-13-10-25(37(38,39)40)20-29(28)47(31)23-48-17-18-51(4,5)6/h10,13-14,16,20,22,24,26,30,32-33H,7-9,11-12,15,17-19,21,23H2,1-6H3,(H,41,42,43)/t24?,30?,32-,33+/m1/s1. The molecule has 278 valence electrons. The zero-order valence-electron chi connectivity index (χ0n) is 30.7. The van der Waals surface area contributed by atoms with Gasteiger partial charge in [-0.05, 0) is 89.9 Å². The third kappa shape index (κ3) is 8.30. The Morgan fingerprint density at radius 1 is 1.08 bits per heavy atom. The number of nitrogens with one attached hydrogen (secondary N) is 1. The van der Waals surface area contributed by atoms with Gasteiger partial charge in [-0.2, -0.15) is 13.2 Å². The first-order valence-corrected chi connectivity index (χ1v) is 22.1. The number of unbranched alkanes of at least 4 members (excludes halogenated alkanes) is 1. The molecule has 0 spiro atoms. The Bertz CT molecular complexity index is 1830. The van der Waals surface area contributed by atoms with Gasteiger partial charge in [0.25, 0.3) is 0 Å². The van der Waals surface area contributed by atoms with E-state index >= 15 is 0 Å². The summed E-state index contributed by atoms with van der Waals surface area (Å²) in [6.45, 7) is 13.3. The third-order valence-corrected chi connectivity index (χ3v) is 12.1. The molecule has 2 aliphatic carbocycles. The zero-order chi connectivity index (χ0) is 36.1. The van der Waals surface area contributed by atoms with Gasteiger partial charge in [-0.15, -0.1) is 0 Å². The predicted molar refractivity (Wildman–Crippen MR) is 194 cm³/mol. The molecule has 3 aliphatic rings. The molecule has 1 aromatic carbocycles. The second-order valence-electron chi connectivity index (χ2n) is 16.5. The molecule has 4 aromatic rings. The normalized spacial score (nSPS) is 23.6. The minimum atomic E-state index is -4.42. The van der Waals surface area contributed by atoms with Crippen molar-refractivity contribution in [3.05, 3.63) is 48.2 Å². The van der Waals surface area contributed by atoms with Gasteiger partial charge in [0.15, 0.2) is 5.79 Å². The topological polar surface area (TPSA) is 91.5 Å². The van der Waals surface area contributed by atoms with Gasteiger partial charge >= 0.3 is 6.18 Å². The SMILES string of the molecule is CN(CCCCc1nc2ccc(C(F)(F)F)cc2n1COCC[Si](C)(C)C)CC1CC(n2ccc3c(NC4CC4)ncnc32)[C@@H]2OC(C)(C)O[C@H]12. The van der Waals surface area contributed by atoms with Crippen molar-refractivity contribution in [2.24, 2.45) is 5.92 Å². The Morgan fingerprint density at radius 2 is 1.86 bits per heavy atom. The Hall–Kier alpha value is -3.04. The van der Waals surface area contributed by atoms with E-state index in [1.807, 2.05) is 18.4 Å². The molecule has 2 unspecified atom stereocenters. The number of imidazole rings is 1. The van der Waals surface area contributed by atoms with E-state index in [1.54, 1.807) is 6.33 Å². The number of benzene rings is 1. The summed E-state index contributed by atoms with van der Waals surface area (Å²) >= 11 is 0. The number of aromatic nitrogens is 5. The number of halogens is 3. The molecule has 10 nitrogen and oxygen atoms in total. The highest BCUT2D eigenvalue weighted by molar-refractivity contribution is 6.76. The number of nitrogens with zero attached hydrogens (tertiary/aromatic N) is 6. The number of aryl methyl sites for hydroxylation is 1. The van der Waals surface area contributed by atoms with Crippen molar-refractivity contribution in [2.45, 2.75) is 121 Å². The number of ether oxygens (including phenoxy) is 3. The molecule has 3 fully saturated rings. The molecule has 4 heterocycles. The van der Waals surface area contributed by atoms with Crippen LogP contribution in [0.4, 0.5) is 19.0 Å². The van der Waals surface area contributed by atoms with Gasteiger partial charge in [0.05, 0.1) is 34.1 Å². The van der Waals surface area contributed by atoms with Gasteiger partial charge in [0.2, 0.25) is 0 Å². The highest BCUT2D eigenvalue weighted by atomic mass is 28.3. The lowest BCUT2D eigenvalue weighted by Gasteiger charge is -2.27. The first-order chi connectivity index (χ1) is 24.1. The number of hydrogen-bond acceptors (Lipinski definition) is 8. The molecule has 2 saturated carbocycles. The lowest BCUT2D eigenvalue weighted by molar-refractivity contribution is -0.160. The van der Waals surface area contributed by atoms with Crippen molar-refractivity contribution in [2.75, 3.05) is 32.1 Å². The molecule has 1 aliphatic heterocycles. The van der Waals surface area contributed by atoms with Crippen molar-refractivity contribution in [3.63, 3.8) is 0 Å². The van der Waals surface area contributed by atoms with Crippen LogP contribution in [0.2, 0.25) is 25.7 Å². The van der Waals surface area contributed by atoms with Gasteiger partial charge in [0, 0.05) is 45.8 Å². The maximum atomic E-state index is 13.6. The van der Waals surface area contributed by atoms with E-state index in [0.29, 0.717) is 30.1 Å². The molecule has 51 heavy (non-hydrogen) atoms. The fraction of sp³-hybridized carbons (Fsp3) is 0.649. The summed E-state index contributed by atoms with van der Waals surface area (Å²) in [5.41, 5.74) is 1.28. The Labute approximate surface area is 299 Å². The maximum Gasteiger partial charge on any atom is 0.416 e. The van der Waals surface area contributed by atoms with Crippen molar-refractivity contribution < 1.29 is 27.4 Å². The third-order valence-electron chi connectivity index (χ3n) is 10.4. The smallest absolute Gasteiger partial charge is 0.367 e. The number of hydrogen-bond donors (Lipinski definition) is 1. The lowest BCUT2D eigenvalue weighted by Crippen LogP contribution is -2.34. The molecule has 1 N–H and O–H groups in total. The van der Waals surface area contributed by atoms with Crippen LogP contribution in [-0.2, 0) is 33.5 Å². The Balaban J connectivity index is 0.988. The van der Waals surface area contributed by atoms with Crippen LogP contribution in [-0.4, -0.2) is 87.8 Å². The summed E-state index contributed by atoms with van der Waals surface area (Å²) in [4.78, 5) is 16.3. The van der Waals surface area contributed by atoms with Gasteiger partial charge in [-0.1, -0.05) is 19.6 Å². The van der Waals surface area contributed by atoms with Crippen molar-refractivity contribution in [3.8, 4) is 0 Å². The van der Waals surface area contributed by atoms with Crippen molar-refractivity contribution in [1.82, 2.24) is 29.0 Å². The van der Waals surface area contributed by atoms with E-state index in [4.69, 9.17) is 24.2 Å². The average Bonchev–Trinajstić information content (AvgIpc) is 3.36. The van der Waals surface area contributed by atoms with Crippen molar-refractivity contribution in [1.29, 1.82) is 0 Å². The summed E-state index contributed by atoms with van der Waals surface area (Å²) in [7, 11) is 0.844. The largest absolute Gasteiger partial charge is 0.416 e. The fourth-order valence-corrected chi connectivity index (χ4v) is 8.41. The van der Waals surface area contributed by atoms with E-state index in [1.165, 1.54) is 25.0 Å². The number of alkyl halides is 3. The van der Waals surface area contributed by atoms with Gasteiger partial charge in [0.1, 0.15) is 36.5 Å². The van der Waals surface area contributed by atoms with Gasteiger partial charge < -0.3 is 33.6 Å². The summed E-state index contributed by atoms with van der Waals surface area (Å²) in [6, 6.07) is 7.48. The van der Waals surface area contributed by atoms with E-state index in [0.717, 1.165) is 67.1 Å². The molecule has 1 saturated heterocycles. The second-order valence-corrected chi connectivity index (χ2v) is 22.1. The molecule has 3 aromatic heterocycles. The Morgan fingerprint density at radius 3 is 2.61 bits per heavy atom. The number of fused-ring (bicyclic) bond motifs is 3. The van der Waals surface area contributed by atoms with Crippen molar-refractivity contribution >= 4 is 36.0 Å². The minimum absolute atomic E-state index is 0.0294. The molecule has 0 amide bonds. The van der Waals surface area contributed by atoms with E-state index < -0.39 is 25.6 Å². The molecular formula is C37H52F3N7O3Si. The predicted octanol–water partition coefficient (Wildman–Crippen LogP) is 7.72. The first-order valence-electron chi connectivity index (χ1n) is 18.4. The molecule has 14 heteroatoms. The zero-order valence-corrected chi connectivity index (χ0v) is 31.7. The molecule has 0 bridgehead atoms. The average molecular weight is 728 g/mol. The van der Waals surface area contributed by atoms with Crippen LogP contribution in [0.5, 0.6) is 0 Å². The summed E-state index contributed by atoms with van der Waals surface area (Å²) in [5.74, 6) is 1.27. The van der Waals surface area contributed by atoms with Crippen LogP contribution in [0, 0.1) is 5.92 Å². The summed E-state index contributed by atoms with van der Waals surface area (Å²) in [5, 5.41) is 4.58. The first kappa shape index (κ1) is 36.3. The van der Waals surface area contributed by atoms with E-state index in [9.17, 15) is 13.2 Å². The molecular weight excluding hydrogens is 676 g/mol. The quantitative estimate of drug-likeness (QED) is 0.0984. The van der Waals surface area contributed by atoms with E-state index in [2.05, 4.69) is 58.7 Å². The molecule has 4 atom stereocenters. The van der Waals surface area contributed by atoms with Crippen LogP contribution < -0.4 is 5.32 Å². The highest BCUT2D eigenvalue weighted by Crippen LogP contribution is 2.48.